The van der Waals surface area contributed by atoms with E-state index in [1.54, 1.807) is 7.11 Å². The van der Waals surface area contributed by atoms with Gasteiger partial charge in [-0.15, -0.1) is 0 Å². The maximum absolute atomic E-state index is 9.48. The smallest absolute Gasteiger partial charge is 0.0776 e. The summed E-state index contributed by atoms with van der Waals surface area (Å²) in [5.74, 6) is 0. The van der Waals surface area contributed by atoms with Crippen molar-refractivity contribution in [3.63, 3.8) is 0 Å². The second-order valence-electron chi connectivity index (χ2n) is 3.57. The summed E-state index contributed by atoms with van der Waals surface area (Å²) >= 11 is 0. The van der Waals surface area contributed by atoms with E-state index in [-0.39, 0.29) is 6.10 Å². The predicted molar refractivity (Wildman–Crippen MR) is 57.4 cm³/mol. The lowest BCUT2D eigenvalue weighted by molar-refractivity contribution is 0.0595. The molecule has 1 rings (SSSR count). The minimum absolute atomic E-state index is 0.348. The molecule has 0 heterocycles. The summed E-state index contributed by atoms with van der Waals surface area (Å²) in [4.78, 5) is 0. The third kappa shape index (κ3) is 3.48. The standard InChI is InChI=1S/C12H18O2/c1-10-5-3-4-6-11(10)7-8-12(13)9-14-2/h3-6,12-13H,7-9H2,1-2H3. The van der Waals surface area contributed by atoms with E-state index >= 15 is 0 Å². The highest BCUT2D eigenvalue weighted by Gasteiger charge is 2.04. The summed E-state index contributed by atoms with van der Waals surface area (Å²) in [6, 6.07) is 8.27. The quantitative estimate of drug-likeness (QED) is 0.776. The summed E-state index contributed by atoms with van der Waals surface area (Å²) in [6.07, 6.45) is 1.33. The van der Waals surface area contributed by atoms with E-state index in [0.29, 0.717) is 6.61 Å². The van der Waals surface area contributed by atoms with Gasteiger partial charge in [0.05, 0.1) is 12.7 Å². The average Bonchev–Trinajstić information content (AvgIpc) is 2.17. The van der Waals surface area contributed by atoms with Crippen LogP contribution >= 0.6 is 0 Å². The van der Waals surface area contributed by atoms with Crippen LogP contribution < -0.4 is 0 Å². The van der Waals surface area contributed by atoms with Crippen LogP contribution in [0.3, 0.4) is 0 Å². The van der Waals surface area contributed by atoms with E-state index in [9.17, 15) is 5.11 Å². The Hall–Kier alpha value is -0.860. The van der Waals surface area contributed by atoms with E-state index < -0.39 is 0 Å². The van der Waals surface area contributed by atoms with Crippen LogP contribution in [0.25, 0.3) is 0 Å². The molecule has 1 unspecified atom stereocenters. The number of benzene rings is 1. The zero-order valence-corrected chi connectivity index (χ0v) is 8.86. The molecule has 2 nitrogen and oxygen atoms in total. The molecule has 0 amide bonds. The predicted octanol–water partition coefficient (Wildman–Crippen LogP) is 1.93. The van der Waals surface area contributed by atoms with Gasteiger partial charge < -0.3 is 9.84 Å². The summed E-state index contributed by atoms with van der Waals surface area (Å²) in [5.41, 5.74) is 2.60. The number of ether oxygens (including phenoxy) is 1. The van der Waals surface area contributed by atoms with Crippen molar-refractivity contribution in [3.05, 3.63) is 35.4 Å². The Balaban J connectivity index is 2.41. The molecule has 78 valence electrons. The van der Waals surface area contributed by atoms with Crippen LogP contribution in [0.5, 0.6) is 0 Å². The van der Waals surface area contributed by atoms with Crippen LogP contribution in [0.15, 0.2) is 24.3 Å². The molecule has 1 N–H and O–H groups in total. The van der Waals surface area contributed by atoms with Gasteiger partial charge in [0, 0.05) is 7.11 Å². The zero-order valence-electron chi connectivity index (χ0n) is 8.86. The Morgan fingerprint density at radius 1 is 1.36 bits per heavy atom. The van der Waals surface area contributed by atoms with Crippen LogP contribution in [-0.4, -0.2) is 24.9 Å². The van der Waals surface area contributed by atoms with Crippen molar-refractivity contribution in [2.75, 3.05) is 13.7 Å². The van der Waals surface area contributed by atoms with Crippen molar-refractivity contribution in [3.8, 4) is 0 Å². The van der Waals surface area contributed by atoms with Gasteiger partial charge in [0.15, 0.2) is 0 Å². The lowest BCUT2D eigenvalue weighted by Crippen LogP contribution is -2.14. The maximum Gasteiger partial charge on any atom is 0.0776 e. The fourth-order valence-corrected chi connectivity index (χ4v) is 1.49. The van der Waals surface area contributed by atoms with E-state index in [4.69, 9.17) is 4.74 Å². The van der Waals surface area contributed by atoms with Gasteiger partial charge in [0.2, 0.25) is 0 Å². The molecule has 1 atom stereocenters. The van der Waals surface area contributed by atoms with Crippen LogP contribution in [0.4, 0.5) is 0 Å². The third-order valence-corrected chi connectivity index (χ3v) is 2.37. The van der Waals surface area contributed by atoms with Crippen molar-refractivity contribution >= 4 is 0 Å². The first-order valence-electron chi connectivity index (χ1n) is 4.95. The number of aryl methyl sites for hydroxylation is 2. The van der Waals surface area contributed by atoms with Gasteiger partial charge in [-0.05, 0) is 30.9 Å². The number of aliphatic hydroxyl groups excluding tert-OH is 1. The highest BCUT2D eigenvalue weighted by Crippen LogP contribution is 2.10. The van der Waals surface area contributed by atoms with Crippen molar-refractivity contribution < 1.29 is 9.84 Å². The highest BCUT2D eigenvalue weighted by molar-refractivity contribution is 5.25. The van der Waals surface area contributed by atoms with Gasteiger partial charge in [0.1, 0.15) is 0 Å². The first-order chi connectivity index (χ1) is 6.74. The molecule has 1 aromatic carbocycles. The van der Waals surface area contributed by atoms with Crippen molar-refractivity contribution in [1.29, 1.82) is 0 Å². The number of hydrogen-bond acceptors (Lipinski definition) is 2. The second kappa shape index (κ2) is 5.78. The molecule has 0 aromatic heterocycles. The van der Waals surface area contributed by atoms with Crippen LogP contribution in [0, 0.1) is 6.92 Å². The Bertz CT molecular complexity index is 271. The van der Waals surface area contributed by atoms with E-state index in [0.717, 1.165) is 12.8 Å². The van der Waals surface area contributed by atoms with Crippen LogP contribution in [-0.2, 0) is 11.2 Å². The fourth-order valence-electron chi connectivity index (χ4n) is 1.49. The average molecular weight is 194 g/mol. The van der Waals surface area contributed by atoms with E-state index in [1.807, 2.05) is 12.1 Å². The Kier molecular flexibility index (Phi) is 4.63. The molecule has 14 heavy (non-hydrogen) atoms. The van der Waals surface area contributed by atoms with Gasteiger partial charge in [-0.2, -0.15) is 0 Å². The van der Waals surface area contributed by atoms with Gasteiger partial charge in [-0.1, -0.05) is 24.3 Å². The molecule has 0 radical (unpaired) electrons. The largest absolute Gasteiger partial charge is 0.391 e. The van der Waals surface area contributed by atoms with Crippen molar-refractivity contribution in [2.24, 2.45) is 0 Å². The molecule has 0 bridgehead atoms. The Morgan fingerprint density at radius 2 is 2.07 bits per heavy atom. The second-order valence-corrected chi connectivity index (χ2v) is 3.57. The van der Waals surface area contributed by atoms with Crippen molar-refractivity contribution in [2.45, 2.75) is 25.9 Å². The molecule has 0 aliphatic rings. The summed E-state index contributed by atoms with van der Waals surface area (Å²) in [7, 11) is 1.61. The Labute approximate surface area is 85.5 Å². The molecule has 0 saturated heterocycles. The van der Waals surface area contributed by atoms with Crippen LogP contribution in [0.2, 0.25) is 0 Å². The number of rotatable bonds is 5. The fraction of sp³-hybridized carbons (Fsp3) is 0.500. The number of hydrogen-bond donors (Lipinski definition) is 1. The molecule has 2 heteroatoms. The molecular weight excluding hydrogens is 176 g/mol. The molecular formula is C12H18O2. The first kappa shape index (κ1) is 11.2. The van der Waals surface area contributed by atoms with Gasteiger partial charge in [-0.3, -0.25) is 0 Å². The summed E-state index contributed by atoms with van der Waals surface area (Å²) < 4.78 is 4.87. The molecule has 0 fully saturated rings. The topological polar surface area (TPSA) is 29.5 Å². The van der Waals surface area contributed by atoms with Gasteiger partial charge in [0.25, 0.3) is 0 Å². The Morgan fingerprint density at radius 3 is 2.71 bits per heavy atom. The third-order valence-electron chi connectivity index (χ3n) is 2.37. The highest BCUT2D eigenvalue weighted by atomic mass is 16.5. The lowest BCUT2D eigenvalue weighted by atomic mass is 10.0. The monoisotopic (exact) mass is 194 g/mol. The van der Waals surface area contributed by atoms with Gasteiger partial charge >= 0.3 is 0 Å². The molecule has 0 aliphatic heterocycles. The maximum atomic E-state index is 9.48. The molecule has 0 spiro atoms. The zero-order chi connectivity index (χ0) is 10.4. The lowest BCUT2D eigenvalue weighted by Gasteiger charge is -2.10. The molecule has 1 aromatic rings. The molecule has 0 saturated carbocycles. The van der Waals surface area contributed by atoms with Crippen molar-refractivity contribution in [1.82, 2.24) is 0 Å². The van der Waals surface area contributed by atoms with Crippen LogP contribution in [0.1, 0.15) is 17.5 Å². The summed E-state index contributed by atoms with van der Waals surface area (Å²) in [6.45, 7) is 2.52. The molecule has 0 aliphatic carbocycles. The first-order valence-corrected chi connectivity index (χ1v) is 4.95. The summed E-state index contributed by atoms with van der Waals surface area (Å²) in [5, 5.41) is 9.48. The van der Waals surface area contributed by atoms with E-state index in [2.05, 4.69) is 19.1 Å². The number of aliphatic hydroxyl groups is 1. The normalized spacial score (nSPS) is 12.8. The van der Waals surface area contributed by atoms with E-state index in [1.165, 1.54) is 11.1 Å². The minimum atomic E-state index is -0.348. The SMILES string of the molecule is COCC(O)CCc1ccccc1C. The van der Waals surface area contributed by atoms with Gasteiger partial charge in [-0.25, -0.2) is 0 Å². The number of methoxy groups -OCH3 is 1. The minimum Gasteiger partial charge on any atom is -0.391 e.